The van der Waals surface area contributed by atoms with Crippen molar-refractivity contribution >= 4 is 11.6 Å². The molecule has 0 aliphatic carbocycles. The van der Waals surface area contributed by atoms with Gasteiger partial charge in [-0.05, 0) is 24.3 Å². The van der Waals surface area contributed by atoms with E-state index in [1.807, 2.05) is 24.3 Å². The summed E-state index contributed by atoms with van der Waals surface area (Å²) in [5.41, 5.74) is 1.71. The topological polar surface area (TPSA) is 67.2 Å². The Balaban J connectivity index is 1.86. The van der Waals surface area contributed by atoms with E-state index in [-0.39, 0.29) is 5.91 Å². The third-order valence-electron chi connectivity index (χ3n) is 2.79. The van der Waals surface area contributed by atoms with Gasteiger partial charge in [-0.15, -0.1) is 0 Å². The summed E-state index contributed by atoms with van der Waals surface area (Å²) in [6.45, 7) is 4.79. The molecule has 0 saturated heterocycles. The van der Waals surface area contributed by atoms with Crippen LogP contribution in [0.3, 0.4) is 0 Å². The third kappa shape index (κ3) is 4.20. The first-order valence-electron chi connectivity index (χ1n) is 6.67. The maximum absolute atomic E-state index is 11.7. The minimum absolute atomic E-state index is 0.00515. The van der Waals surface area contributed by atoms with Crippen molar-refractivity contribution in [3.8, 4) is 11.3 Å². The minimum Gasteiger partial charge on any atom is -0.444 e. The van der Waals surface area contributed by atoms with Crippen LogP contribution in [-0.4, -0.2) is 23.5 Å². The van der Waals surface area contributed by atoms with E-state index in [1.165, 1.54) is 6.39 Å². The lowest BCUT2D eigenvalue weighted by Crippen LogP contribution is -2.27. The predicted octanol–water partition coefficient (Wildman–Crippen LogP) is 2.67. The molecule has 0 fully saturated rings. The van der Waals surface area contributed by atoms with Crippen LogP contribution in [0.2, 0.25) is 0 Å². The molecule has 0 unspecified atom stereocenters. The van der Waals surface area contributed by atoms with Crippen LogP contribution < -0.4 is 10.6 Å². The molecule has 1 amide bonds. The van der Waals surface area contributed by atoms with Gasteiger partial charge in [-0.2, -0.15) is 0 Å². The van der Waals surface area contributed by atoms with E-state index >= 15 is 0 Å². The normalized spacial score (nSPS) is 10.8. The molecular formula is C15H19N3O2. The standard InChI is InChI=1S/C15H19N3O2/c1-11(2)17-8-7-15(19)18-13-5-3-12(4-6-13)14-9-16-10-20-14/h3-6,9-11,17H,7-8H2,1-2H3,(H,18,19). The molecule has 20 heavy (non-hydrogen) atoms. The Hall–Kier alpha value is -2.14. The number of aromatic nitrogens is 1. The molecule has 1 heterocycles. The van der Waals surface area contributed by atoms with E-state index < -0.39 is 0 Å². The molecule has 2 rings (SSSR count). The maximum atomic E-state index is 11.7. The summed E-state index contributed by atoms with van der Waals surface area (Å²) >= 11 is 0. The van der Waals surface area contributed by atoms with Crippen molar-refractivity contribution in [2.24, 2.45) is 0 Å². The lowest BCUT2D eigenvalue weighted by Gasteiger charge is -2.08. The average Bonchev–Trinajstić information content (AvgIpc) is 2.93. The molecule has 0 spiro atoms. The van der Waals surface area contributed by atoms with Gasteiger partial charge < -0.3 is 15.1 Å². The van der Waals surface area contributed by atoms with Crippen LogP contribution in [-0.2, 0) is 4.79 Å². The van der Waals surface area contributed by atoms with E-state index in [1.54, 1.807) is 6.20 Å². The van der Waals surface area contributed by atoms with Gasteiger partial charge >= 0.3 is 0 Å². The number of nitrogens with one attached hydrogen (secondary N) is 2. The fraction of sp³-hybridized carbons (Fsp3) is 0.333. The number of rotatable bonds is 6. The van der Waals surface area contributed by atoms with Crippen molar-refractivity contribution in [3.05, 3.63) is 36.9 Å². The number of hydrogen-bond acceptors (Lipinski definition) is 4. The second-order valence-electron chi connectivity index (χ2n) is 4.85. The summed E-state index contributed by atoms with van der Waals surface area (Å²) in [6.07, 6.45) is 3.51. The first-order chi connectivity index (χ1) is 9.65. The molecule has 0 bridgehead atoms. The summed E-state index contributed by atoms with van der Waals surface area (Å²) in [6, 6.07) is 7.88. The van der Waals surface area contributed by atoms with Gasteiger partial charge in [0.1, 0.15) is 0 Å². The van der Waals surface area contributed by atoms with Gasteiger partial charge in [0.25, 0.3) is 0 Å². The fourth-order valence-corrected chi connectivity index (χ4v) is 1.77. The van der Waals surface area contributed by atoms with Gasteiger partial charge in [0.2, 0.25) is 5.91 Å². The van der Waals surface area contributed by atoms with Crippen LogP contribution in [0.4, 0.5) is 5.69 Å². The number of carbonyl (C=O) groups excluding carboxylic acids is 1. The van der Waals surface area contributed by atoms with Crippen molar-refractivity contribution in [2.45, 2.75) is 26.3 Å². The van der Waals surface area contributed by atoms with Gasteiger partial charge in [-0.25, -0.2) is 4.98 Å². The van der Waals surface area contributed by atoms with Gasteiger partial charge in [-0.1, -0.05) is 13.8 Å². The first-order valence-corrected chi connectivity index (χ1v) is 6.67. The molecule has 5 heteroatoms. The van der Waals surface area contributed by atoms with Gasteiger partial charge in [0.15, 0.2) is 12.2 Å². The summed E-state index contributed by atoms with van der Waals surface area (Å²) in [7, 11) is 0. The quantitative estimate of drug-likeness (QED) is 0.849. The van der Waals surface area contributed by atoms with E-state index in [2.05, 4.69) is 29.5 Å². The molecule has 5 nitrogen and oxygen atoms in total. The minimum atomic E-state index is 0.00515. The van der Waals surface area contributed by atoms with Crippen molar-refractivity contribution in [2.75, 3.05) is 11.9 Å². The summed E-state index contributed by atoms with van der Waals surface area (Å²) in [5, 5.41) is 6.07. The lowest BCUT2D eigenvalue weighted by molar-refractivity contribution is -0.116. The van der Waals surface area contributed by atoms with Gasteiger partial charge in [0.05, 0.1) is 6.20 Å². The summed E-state index contributed by atoms with van der Waals surface area (Å²) < 4.78 is 5.21. The Bertz CT molecular complexity index is 533. The second-order valence-corrected chi connectivity index (χ2v) is 4.85. The maximum Gasteiger partial charge on any atom is 0.225 e. The zero-order valence-electron chi connectivity index (χ0n) is 11.7. The number of nitrogens with zero attached hydrogens (tertiary/aromatic N) is 1. The molecule has 1 aromatic heterocycles. The van der Waals surface area contributed by atoms with Crippen LogP contribution in [0, 0.1) is 0 Å². The van der Waals surface area contributed by atoms with E-state index in [0.29, 0.717) is 24.8 Å². The van der Waals surface area contributed by atoms with E-state index in [4.69, 9.17) is 4.42 Å². The molecule has 2 aromatic rings. The van der Waals surface area contributed by atoms with Gasteiger partial charge in [0, 0.05) is 30.3 Å². The highest BCUT2D eigenvalue weighted by atomic mass is 16.3. The monoisotopic (exact) mass is 273 g/mol. The number of carbonyl (C=O) groups is 1. The molecule has 2 N–H and O–H groups in total. The van der Waals surface area contributed by atoms with Crippen LogP contribution >= 0.6 is 0 Å². The van der Waals surface area contributed by atoms with Crippen molar-refractivity contribution in [1.29, 1.82) is 0 Å². The molecular weight excluding hydrogens is 254 g/mol. The van der Waals surface area contributed by atoms with E-state index in [0.717, 1.165) is 11.3 Å². The van der Waals surface area contributed by atoms with Crippen molar-refractivity contribution < 1.29 is 9.21 Å². The summed E-state index contributed by atoms with van der Waals surface area (Å²) in [4.78, 5) is 15.6. The number of benzene rings is 1. The molecule has 1 aromatic carbocycles. The summed E-state index contributed by atoms with van der Waals surface area (Å²) in [5.74, 6) is 0.717. The van der Waals surface area contributed by atoms with Crippen molar-refractivity contribution in [1.82, 2.24) is 10.3 Å². The largest absolute Gasteiger partial charge is 0.444 e. The van der Waals surface area contributed by atoms with Crippen LogP contribution in [0.5, 0.6) is 0 Å². The zero-order chi connectivity index (χ0) is 14.4. The Labute approximate surface area is 118 Å². The molecule has 0 saturated carbocycles. The number of oxazole rings is 1. The highest BCUT2D eigenvalue weighted by molar-refractivity contribution is 5.91. The van der Waals surface area contributed by atoms with E-state index in [9.17, 15) is 4.79 Å². The Morgan fingerprint density at radius 2 is 2.05 bits per heavy atom. The molecule has 0 aliphatic rings. The van der Waals surface area contributed by atoms with Crippen LogP contribution in [0.1, 0.15) is 20.3 Å². The van der Waals surface area contributed by atoms with Crippen LogP contribution in [0.15, 0.2) is 41.3 Å². The zero-order valence-corrected chi connectivity index (χ0v) is 11.7. The number of hydrogen-bond donors (Lipinski definition) is 2. The van der Waals surface area contributed by atoms with Crippen molar-refractivity contribution in [3.63, 3.8) is 0 Å². The molecule has 0 radical (unpaired) electrons. The fourth-order valence-electron chi connectivity index (χ4n) is 1.77. The van der Waals surface area contributed by atoms with Crippen LogP contribution in [0.25, 0.3) is 11.3 Å². The molecule has 0 atom stereocenters. The first kappa shape index (κ1) is 14.3. The number of anilines is 1. The Kier molecular flexibility index (Phi) is 4.90. The second kappa shape index (κ2) is 6.86. The third-order valence-corrected chi connectivity index (χ3v) is 2.79. The predicted molar refractivity (Wildman–Crippen MR) is 78.3 cm³/mol. The highest BCUT2D eigenvalue weighted by Gasteiger charge is 2.04. The number of amides is 1. The Morgan fingerprint density at radius 1 is 1.30 bits per heavy atom. The Morgan fingerprint density at radius 3 is 2.65 bits per heavy atom. The SMILES string of the molecule is CC(C)NCCC(=O)Nc1ccc(-c2cnco2)cc1. The average molecular weight is 273 g/mol. The van der Waals surface area contributed by atoms with Gasteiger partial charge in [-0.3, -0.25) is 4.79 Å². The molecule has 0 aliphatic heterocycles. The highest BCUT2D eigenvalue weighted by Crippen LogP contribution is 2.20. The molecule has 106 valence electrons. The lowest BCUT2D eigenvalue weighted by atomic mass is 10.1. The smallest absolute Gasteiger partial charge is 0.225 e.